The van der Waals surface area contributed by atoms with Crippen LogP contribution in [0.4, 0.5) is 8.78 Å². The summed E-state index contributed by atoms with van der Waals surface area (Å²) in [4.78, 5) is 38.1. The van der Waals surface area contributed by atoms with E-state index in [9.17, 15) is 28.3 Å². The van der Waals surface area contributed by atoms with Crippen LogP contribution in [0.15, 0.2) is 22.8 Å². The van der Waals surface area contributed by atoms with Crippen LogP contribution < -0.4 is 10.5 Å². The quantitative estimate of drug-likeness (QED) is 0.702. The van der Waals surface area contributed by atoms with Crippen molar-refractivity contribution in [1.82, 2.24) is 4.98 Å². The number of oxazole rings is 1. The van der Waals surface area contributed by atoms with Crippen molar-refractivity contribution in [3.8, 4) is 5.75 Å². The lowest BCUT2D eigenvalue weighted by Crippen LogP contribution is -2.22. The van der Waals surface area contributed by atoms with E-state index in [-0.39, 0.29) is 18.9 Å². The number of ether oxygens (including phenoxy) is 2. The van der Waals surface area contributed by atoms with Gasteiger partial charge in [-0.05, 0) is 18.6 Å². The van der Waals surface area contributed by atoms with Crippen LogP contribution in [0.3, 0.4) is 0 Å². The smallest absolute Gasteiger partial charge is 0.354 e. The zero-order chi connectivity index (χ0) is 20.4. The van der Waals surface area contributed by atoms with Gasteiger partial charge in [-0.1, -0.05) is 0 Å². The molecule has 11 heteroatoms. The average molecular weight is 396 g/mol. The fraction of sp³-hybridized carbons (Fsp3) is 0.294. The van der Waals surface area contributed by atoms with Gasteiger partial charge in [0.25, 0.3) is 12.0 Å². The molecular weight excluding hydrogens is 382 g/mol. The van der Waals surface area contributed by atoms with Gasteiger partial charge in [0.1, 0.15) is 17.6 Å². The summed E-state index contributed by atoms with van der Waals surface area (Å²) in [7, 11) is 0. The summed E-state index contributed by atoms with van der Waals surface area (Å²) in [5.74, 6) is -7.48. The topological polar surface area (TPSA) is 142 Å². The molecule has 2 unspecified atom stereocenters. The molecule has 1 saturated heterocycles. The number of nitrogens with two attached hydrogens (primary N) is 1. The van der Waals surface area contributed by atoms with Crippen molar-refractivity contribution in [3.63, 3.8) is 0 Å². The van der Waals surface area contributed by atoms with E-state index in [4.69, 9.17) is 19.6 Å². The Balaban J connectivity index is 1.88. The van der Waals surface area contributed by atoms with Crippen molar-refractivity contribution in [1.29, 1.82) is 0 Å². The van der Waals surface area contributed by atoms with Gasteiger partial charge < -0.3 is 24.7 Å². The Morgan fingerprint density at radius 2 is 2.11 bits per heavy atom. The van der Waals surface area contributed by atoms with E-state index in [1.807, 2.05) is 0 Å². The standard InChI is InChI=1S/C17H14F2N2O7/c18-8-1-2-10(13(19)12(8)15(20)23)28-14(17(24)25)16-21-9(6-27-16)7-3-4-26-11(22)5-7/h1-2,6-7,14H,3-5H2,(H2,20,23)(H,24,25). The summed E-state index contributed by atoms with van der Waals surface area (Å²) in [6.45, 7) is 0.196. The Kier molecular flexibility index (Phi) is 5.25. The first kappa shape index (κ1) is 19.3. The Labute approximate surface area is 156 Å². The van der Waals surface area contributed by atoms with Crippen LogP contribution in [0.25, 0.3) is 0 Å². The Morgan fingerprint density at radius 1 is 1.36 bits per heavy atom. The number of rotatable bonds is 6. The Hall–Kier alpha value is -3.50. The minimum Gasteiger partial charge on any atom is -0.478 e. The lowest BCUT2D eigenvalue weighted by molar-refractivity contribution is -0.148. The fourth-order valence-electron chi connectivity index (χ4n) is 2.72. The molecule has 0 saturated carbocycles. The molecular formula is C17H14F2N2O7. The molecule has 1 aliphatic heterocycles. The summed E-state index contributed by atoms with van der Waals surface area (Å²) >= 11 is 0. The van der Waals surface area contributed by atoms with Crippen LogP contribution in [0.2, 0.25) is 0 Å². The molecule has 1 fully saturated rings. The predicted molar refractivity (Wildman–Crippen MR) is 85.3 cm³/mol. The number of hydrogen-bond acceptors (Lipinski definition) is 7. The van der Waals surface area contributed by atoms with Gasteiger partial charge in [0, 0.05) is 5.92 Å². The molecule has 148 valence electrons. The zero-order valence-corrected chi connectivity index (χ0v) is 14.2. The first-order valence-electron chi connectivity index (χ1n) is 8.06. The van der Waals surface area contributed by atoms with Crippen LogP contribution in [0.1, 0.15) is 46.8 Å². The maximum Gasteiger partial charge on any atom is 0.354 e. The molecule has 0 spiro atoms. The van der Waals surface area contributed by atoms with E-state index >= 15 is 0 Å². The highest BCUT2D eigenvalue weighted by Gasteiger charge is 2.32. The number of primary amides is 1. The largest absolute Gasteiger partial charge is 0.478 e. The molecule has 0 aliphatic carbocycles. The van der Waals surface area contributed by atoms with Crippen LogP contribution in [-0.4, -0.2) is 34.5 Å². The van der Waals surface area contributed by atoms with Crippen molar-refractivity contribution >= 4 is 17.8 Å². The average Bonchev–Trinajstić information content (AvgIpc) is 3.10. The zero-order valence-electron chi connectivity index (χ0n) is 14.2. The molecule has 2 heterocycles. The summed E-state index contributed by atoms with van der Waals surface area (Å²) in [5, 5.41) is 9.39. The number of carboxylic acids is 1. The van der Waals surface area contributed by atoms with Gasteiger partial charge in [0.15, 0.2) is 11.6 Å². The summed E-state index contributed by atoms with van der Waals surface area (Å²) in [6.07, 6.45) is -0.178. The normalized spacial score (nSPS) is 17.6. The minimum absolute atomic E-state index is 0.0547. The molecule has 28 heavy (non-hydrogen) atoms. The first-order chi connectivity index (χ1) is 13.3. The molecule has 1 aromatic carbocycles. The number of benzene rings is 1. The number of aromatic nitrogens is 1. The van der Waals surface area contributed by atoms with Crippen molar-refractivity contribution in [2.45, 2.75) is 24.9 Å². The number of aliphatic carboxylic acids is 1. The number of carbonyl (C=O) groups is 3. The molecule has 9 nitrogen and oxygen atoms in total. The molecule has 3 rings (SSSR count). The second kappa shape index (κ2) is 7.62. The SMILES string of the molecule is NC(=O)c1c(F)ccc(OC(C(=O)O)c2nc(C3CCOC(=O)C3)co2)c1F. The van der Waals surface area contributed by atoms with Gasteiger partial charge in [0.2, 0.25) is 5.89 Å². The number of cyclic esters (lactones) is 1. The molecule has 2 atom stereocenters. The fourth-order valence-corrected chi connectivity index (χ4v) is 2.72. The van der Waals surface area contributed by atoms with Gasteiger partial charge in [-0.15, -0.1) is 0 Å². The van der Waals surface area contributed by atoms with Gasteiger partial charge in [0.05, 0.1) is 18.7 Å². The lowest BCUT2D eigenvalue weighted by atomic mass is 9.97. The second-order valence-corrected chi connectivity index (χ2v) is 5.96. The monoisotopic (exact) mass is 396 g/mol. The highest BCUT2D eigenvalue weighted by Crippen LogP contribution is 2.31. The van der Waals surface area contributed by atoms with Crippen LogP contribution in [0.5, 0.6) is 5.75 Å². The molecule has 1 aromatic heterocycles. The molecule has 1 amide bonds. The van der Waals surface area contributed by atoms with Crippen molar-refractivity contribution < 1.29 is 42.2 Å². The van der Waals surface area contributed by atoms with Gasteiger partial charge in [-0.2, -0.15) is 0 Å². The van der Waals surface area contributed by atoms with Crippen LogP contribution >= 0.6 is 0 Å². The first-order valence-corrected chi connectivity index (χ1v) is 8.06. The number of carbonyl (C=O) groups excluding carboxylic acids is 2. The summed E-state index contributed by atoms with van der Waals surface area (Å²) < 4.78 is 42.9. The summed E-state index contributed by atoms with van der Waals surface area (Å²) in [5.41, 5.74) is 4.18. The summed E-state index contributed by atoms with van der Waals surface area (Å²) in [6, 6.07) is 1.53. The predicted octanol–water partition coefficient (Wildman–Crippen LogP) is 1.68. The maximum atomic E-state index is 14.3. The van der Waals surface area contributed by atoms with E-state index in [0.29, 0.717) is 18.2 Å². The van der Waals surface area contributed by atoms with Crippen molar-refractivity contribution in [3.05, 3.63) is 47.2 Å². The number of esters is 1. The number of halogens is 2. The molecule has 0 bridgehead atoms. The third-order valence-corrected chi connectivity index (χ3v) is 4.10. The third kappa shape index (κ3) is 3.77. The molecule has 1 aliphatic rings. The van der Waals surface area contributed by atoms with E-state index in [2.05, 4.69) is 4.98 Å². The maximum absolute atomic E-state index is 14.3. The number of carboxylic acid groups (broad SMARTS) is 1. The van der Waals surface area contributed by atoms with E-state index in [1.165, 1.54) is 6.26 Å². The lowest BCUT2D eigenvalue weighted by Gasteiger charge is -2.18. The van der Waals surface area contributed by atoms with Crippen LogP contribution in [0, 0.1) is 11.6 Å². The van der Waals surface area contributed by atoms with E-state index < -0.39 is 52.8 Å². The Bertz CT molecular complexity index is 944. The number of amides is 1. The second-order valence-electron chi connectivity index (χ2n) is 5.96. The van der Waals surface area contributed by atoms with E-state index in [0.717, 1.165) is 6.07 Å². The van der Waals surface area contributed by atoms with Gasteiger partial charge in [-0.3, -0.25) is 9.59 Å². The number of hydrogen-bond donors (Lipinski definition) is 2. The molecule has 2 aromatic rings. The third-order valence-electron chi connectivity index (χ3n) is 4.10. The number of nitrogens with zero attached hydrogens (tertiary/aromatic N) is 1. The molecule has 0 radical (unpaired) electrons. The van der Waals surface area contributed by atoms with E-state index in [1.54, 1.807) is 0 Å². The highest BCUT2D eigenvalue weighted by molar-refractivity contribution is 5.93. The van der Waals surface area contributed by atoms with Crippen molar-refractivity contribution in [2.24, 2.45) is 5.73 Å². The van der Waals surface area contributed by atoms with Crippen LogP contribution in [-0.2, 0) is 14.3 Å². The minimum atomic E-state index is -1.88. The molecule has 3 N–H and O–H groups in total. The van der Waals surface area contributed by atoms with Crippen molar-refractivity contribution in [2.75, 3.05) is 6.61 Å². The van der Waals surface area contributed by atoms with Gasteiger partial charge in [-0.25, -0.2) is 18.6 Å². The highest BCUT2D eigenvalue weighted by atomic mass is 19.1. The van der Waals surface area contributed by atoms with Gasteiger partial charge >= 0.3 is 11.9 Å². The Morgan fingerprint density at radius 3 is 2.75 bits per heavy atom.